The van der Waals surface area contributed by atoms with Gasteiger partial charge in [0.1, 0.15) is 5.02 Å². The maximum Gasteiger partial charge on any atom is 0.287 e. The Kier molecular flexibility index (Phi) is 4.27. The Morgan fingerprint density at radius 1 is 1.68 bits per heavy atom. The number of anilines is 1. The number of rotatable bonds is 3. The van der Waals surface area contributed by atoms with E-state index in [1.165, 1.54) is 4.68 Å². The smallest absolute Gasteiger partial charge is 0.287 e. The highest BCUT2D eigenvalue weighted by molar-refractivity contribution is 6.33. The molecule has 0 radical (unpaired) electrons. The molecule has 1 saturated heterocycles. The number of halogens is 1. The minimum absolute atomic E-state index is 0.0976. The van der Waals surface area contributed by atoms with Gasteiger partial charge in [0.25, 0.3) is 5.56 Å². The van der Waals surface area contributed by atoms with E-state index in [9.17, 15) is 4.79 Å². The molecular weight excluding hydrogens is 264 g/mol. The second-order valence-electron chi connectivity index (χ2n) is 5.00. The highest BCUT2D eigenvalue weighted by atomic mass is 35.5. The van der Waals surface area contributed by atoms with E-state index in [1.807, 2.05) is 4.90 Å². The quantitative estimate of drug-likeness (QED) is 0.848. The third-order valence-electron chi connectivity index (χ3n) is 3.63. The Morgan fingerprint density at radius 3 is 3.05 bits per heavy atom. The van der Waals surface area contributed by atoms with Gasteiger partial charge in [0, 0.05) is 19.1 Å². The molecule has 1 aliphatic heterocycles. The van der Waals surface area contributed by atoms with Gasteiger partial charge in [-0.3, -0.25) is 4.79 Å². The van der Waals surface area contributed by atoms with Crippen molar-refractivity contribution in [3.63, 3.8) is 0 Å². The largest absolute Gasteiger partial charge is 0.367 e. The molecule has 0 saturated carbocycles. The molecule has 0 aromatic carbocycles. The Hall–Kier alpha value is -1.33. The molecule has 0 bridgehead atoms. The molecule has 1 aromatic heterocycles. The molecule has 1 fully saturated rings. The standard InChI is InChI=1S/C13H19ClN4O/c1-3-5-18-13(19)12(14)11(7-16-18)17-6-4-9(2)10(15)8-17/h3,7,9-10H,1,4-6,8,15H2,2H3. The van der Waals surface area contributed by atoms with Gasteiger partial charge in [0.2, 0.25) is 0 Å². The van der Waals surface area contributed by atoms with Crippen LogP contribution >= 0.6 is 11.6 Å². The number of hydrogen-bond donors (Lipinski definition) is 1. The molecule has 2 atom stereocenters. The van der Waals surface area contributed by atoms with Crippen molar-refractivity contribution in [3.8, 4) is 0 Å². The van der Waals surface area contributed by atoms with Gasteiger partial charge in [-0.1, -0.05) is 24.6 Å². The lowest BCUT2D eigenvalue weighted by Crippen LogP contribution is -2.48. The summed E-state index contributed by atoms with van der Waals surface area (Å²) in [6, 6.07) is 0.0976. The number of nitrogens with two attached hydrogens (primary N) is 1. The van der Waals surface area contributed by atoms with Crippen LogP contribution in [0.15, 0.2) is 23.6 Å². The summed E-state index contributed by atoms with van der Waals surface area (Å²) in [5, 5.41) is 4.32. The minimum atomic E-state index is -0.286. The van der Waals surface area contributed by atoms with Crippen molar-refractivity contribution in [2.24, 2.45) is 11.7 Å². The zero-order chi connectivity index (χ0) is 14.0. The summed E-state index contributed by atoms with van der Waals surface area (Å²) < 4.78 is 1.30. The second-order valence-corrected chi connectivity index (χ2v) is 5.37. The van der Waals surface area contributed by atoms with Crippen molar-refractivity contribution in [3.05, 3.63) is 34.2 Å². The van der Waals surface area contributed by atoms with Gasteiger partial charge in [-0.25, -0.2) is 4.68 Å². The van der Waals surface area contributed by atoms with E-state index in [1.54, 1.807) is 12.3 Å². The number of aromatic nitrogens is 2. The Labute approximate surface area is 117 Å². The monoisotopic (exact) mass is 282 g/mol. The molecule has 0 aliphatic carbocycles. The van der Waals surface area contributed by atoms with E-state index < -0.39 is 0 Å². The lowest BCUT2D eigenvalue weighted by molar-refractivity contribution is 0.379. The van der Waals surface area contributed by atoms with Crippen LogP contribution in [-0.2, 0) is 6.54 Å². The van der Waals surface area contributed by atoms with E-state index in [0.717, 1.165) is 13.0 Å². The van der Waals surface area contributed by atoms with Crippen LogP contribution in [0.4, 0.5) is 5.69 Å². The fraction of sp³-hybridized carbons (Fsp3) is 0.538. The van der Waals surface area contributed by atoms with Crippen molar-refractivity contribution < 1.29 is 0 Å². The first-order valence-electron chi connectivity index (χ1n) is 6.41. The maximum atomic E-state index is 12.0. The summed E-state index contributed by atoms with van der Waals surface area (Å²) in [5.41, 5.74) is 6.46. The van der Waals surface area contributed by atoms with Crippen LogP contribution in [-0.4, -0.2) is 28.9 Å². The molecule has 104 valence electrons. The first-order chi connectivity index (χ1) is 9.04. The average molecular weight is 283 g/mol. The predicted molar refractivity (Wildman–Crippen MR) is 77.7 cm³/mol. The maximum absolute atomic E-state index is 12.0. The number of hydrogen-bond acceptors (Lipinski definition) is 4. The lowest BCUT2D eigenvalue weighted by atomic mass is 9.94. The van der Waals surface area contributed by atoms with Crippen molar-refractivity contribution in [2.45, 2.75) is 25.9 Å². The molecule has 2 N–H and O–H groups in total. The SMILES string of the molecule is C=CCn1ncc(N2CCC(C)C(N)C2)c(Cl)c1=O. The van der Waals surface area contributed by atoms with E-state index in [0.29, 0.717) is 24.7 Å². The number of nitrogens with zero attached hydrogens (tertiary/aromatic N) is 3. The Morgan fingerprint density at radius 2 is 2.42 bits per heavy atom. The normalized spacial score (nSPS) is 23.4. The number of allylic oxidation sites excluding steroid dienone is 1. The van der Waals surface area contributed by atoms with Gasteiger partial charge < -0.3 is 10.6 Å². The topological polar surface area (TPSA) is 64.2 Å². The fourth-order valence-electron chi connectivity index (χ4n) is 2.25. The average Bonchev–Trinajstić information content (AvgIpc) is 2.39. The first kappa shape index (κ1) is 14.1. The van der Waals surface area contributed by atoms with Gasteiger partial charge >= 0.3 is 0 Å². The van der Waals surface area contributed by atoms with Gasteiger partial charge in [0.15, 0.2) is 0 Å². The summed E-state index contributed by atoms with van der Waals surface area (Å²) in [5.74, 6) is 0.490. The van der Waals surface area contributed by atoms with Crippen molar-refractivity contribution >= 4 is 17.3 Å². The molecule has 0 spiro atoms. The van der Waals surface area contributed by atoms with Gasteiger partial charge in [-0.15, -0.1) is 6.58 Å². The number of piperidine rings is 1. The van der Waals surface area contributed by atoms with Crippen molar-refractivity contribution in [2.75, 3.05) is 18.0 Å². The van der Waals surface area contributed by atoms with Crippen LogP contribution in [0.5, 0.6) is 0 Å². The van der Waals surface area contributed by atoms with Gasteiger partial charge in [-0.05, 0) is 12.3 Å². The Balaban J connectivity index is 2.29. The third-order valence-corrected chi connectivity index (χ3v) is 3.98. The third kappa shape index (κ3) is 2.82. The van der Waals surface area contributed by atoms with Gasteiger partial charge in [0.05, 0.1) is 18.4 Å². The van der Waals surface area contributed by atoms with Crippen molar-refractivity contribution in [1.29, 1.82) is 0 Å². The lowest BCUT2D eigenvalue weighted by Gasteiger charge is -2.36. The summed E-state index contributed by atoms with van der Waals surface area (Å²) >= 11 is 6.16. The second kappa shape index (κ2) is 5.75. The molecule has 0 amide bonds. The van der Waals surface area contributed by atoms with Crippen LogP contribution in [0.1, 0.15) is 13.3 Å². The van der Waals surface area contributed by atoms with Crippen LogP contribution in [0.25, 0.3) is 0 Å². The van der Waals surface area contributed by atoms with E-state index in [2.05, 4.69) is 18.6 Å². The molecule has 1 aromatic rings. The molecule has 1 aliphatic rings. The zero-order valence-corrected chi connectivity index (χ0v) is 11.8. The summed E-state index contributed by atoms with van der Waals surface area (Å²) in [6.07, 6.45) is 4.24. The van der Waals surface area contributed by atoms with Crippen LogP contribution in [0, 0.1) is 5.92 Å². The predicted octanol–water partition coefficient (Wildman–Crippen LogP) is 1.26. The van der Waals surface area contributed by atoms with E-state index >= 15 is 0 Å². The molecule has 6 heteroatoms. The zero-order valence-electron chi connectivity index (χ0n) is 11.1. The molecule has 19 heavy (non-hydrogen) atoms. The summed E-state index contributed by atoms with van der Waals surface area (Å²) in [6.45, 7) is 7.64. The van der Waals surface area contributed by atoms with E-state index in [4.69, 9.17) is 17.3 Å². The molecular formula is C13H19ClN4O. The summed E-state index contributed by atoms with van der Waals surface area (Å²) in [7, 11) is 0. The Bertz CT molecular complexity index is 528. The highest BCUT2D eigenvalue weighted by Crippen LogP contribution is 2.26. The molecule has 2 unspecified atom stereocenters. The van der Waals surface area contributed by atoms with E-state index in [-0.39, 0.29) is 16.6 Å². The van der Waals surface area contributed by atoms with Gasteiger partial charge in [-0.2, -0.15) is 5.10 Å². The molecule has 2 heterocycles. The fourth-order valence-corrected chi connectivity index (χ4v) is 2.51. The highest BCUT2D eigenvalue weighted by Gasteiger charge is 2.25. The first-order valence-corrected chi connectivity index (χ1v) is 6.79. The summed E-state index contributed by atoms with van der Waals surface area (Å²) in [4.78, 5) is 14.1. The van der Waals surface area contributed by atoms with Crippen LogP contribution in [0.3, 0.4) is 0 Å². The van der Waals surface area contributed by atoms with Crippen molar-refractivity contribution in [1.82, 2.24) is 9.78 Å². The molecule has 5 nitrogen and oxygen atoms in total. The minimum Gasteiger partial charge on any atom is -0.367 e. The van der Waals surface area contributed by atoms with Crippen LogP contribution in [0.2, 0.25) is 5.02 Å². The van der Waals surface area contributed by atoms with Crippen LogP contribution < -0.4 is 16.2 Å². The molecule has 2 rings (SSSR count).